The number of hydrogen-bond donors (Lipinski definition) is 1. The maximum absolute atomic E-state index is 5.14. The third-order valence-corrected chi connectivity index (χ3v) is 3.14. The summed E-state index contributed by atoms with van der Waals surface area (Å²) in [4.78, 5) is 2.45. The van der Waals surface area contributed by atoms with Crippen molar-refractivity contribution in [2.75, 3.05) is 60.2 Å². The van der Waals surface area contributed by atoms with Crippen LogP contribution in [0.1, 0.15) is 12.8 Å². The Kier molecular flexibility index (Phi) is 7.76. The summed E-state index contributed by atoms with van der Waals surface area (Å²) in [5.74, 6) is 0.794. The smallest absolute Gasteiger partial charge is 0.0589 e. The fraction of sp³-hybridized carbons (Fsp3) is 1.00. The van der Waals surface area contributed by atoms with E-state index in [0.717, 1.165) is 38.8 Å². The minimum Gasteiger partial charge on any atom is -0.383 e. The molecule has 0 aliphatic carbocycles. The van der Waals surface area contributed by atoms with Crippen LogP contribution in [0.2, 0.25) is 0 Å². The molecule has 0 spiro atoms. The van der Waals surface area contributed by atoms with E-state index in [2.05, 4.69) is 10.2 Å². The molecule has 1 heterocycles. The molecule has 0 radical (unpaired) electrons. The lowest BCUT2D eigenvalue weighted by Crippen LogP contribution is -2.40. The molecule has 1 rings (SSSR count). The van der Waals surface area contributed by atoms with E-state index < -0.39 is 0 Å². The van der Waals surface area contributed by atoms with Crippen molar-refractivity contribution < 1.29 is 9.47 Å². The Morgan fingerprint density at radius 1 is 1.19 bits per heavy atom. The highest BCUT2D eigenvalue weighted by atomic mass is 16.5. The fourth-order valence-corrected chi connectivity index (χ4v) is 2.18. The van der Waals surface area contributed by atoms with Crippen molar-refractivity contribution in [1.82, 2.24) is 10.2 Å². The summed E-state index contributed by atoms with van der Waals surface area (Å²) < 4.78 is 10.3. The van der Waals surface area contributed by atoms with Gasteiger partial charge in [0.05, 0.1) is 13.2 Å². The molecule has 1 aliphatic rings. The van der Waals surface area contributed by atoms with Crippen LogP contribution >= 0.6 is 0 Å². The first-order chi connectivity index (χ1) is 7.86. The van der Waals surface area contributed by atoms with E-state index in [9.17, 15) is 0 Å². The summed E-state index contributed by atoms with van der Waals surface area (Å²) in [7, 11) is 3.52. The summed E-state index contributed by atoms with van der Waals surface area (Å²) in [6, 6.07) is 0. The van der Waals surface area contributed by atoms with Crippen LogP contribution < -0.4 is 5.32 Å². The Labute approximate surface area is 99.3 Å². The van der Waals surface area contributed by atoms with E-state index in [4.69, 9.17) is 9.47 Å². The van der Waals surface area contributed by atoms with Gasteiger partial charge in [-0.1, -0.05) is 0 Å². The number of ether oxygens (including phenoxy) is 2. The molecule has 4 heteroatoms. The van der Waals surface area contributed by atoms with Gasteiger partial charge in [-0.05, 0) is 31.8 Å². The molecule has 0 saturated carbocycles. The second kappa shape index (κ2) is 8.93. The number of rotatable bonds is 8. The van der Waals surface area contributed by atoms with Crippen LogP contribution in [-0.4, -0.2) is 65.1 Å². The van der Waals surface area contributed by atoms with Gasteiger partial charge in [-0.2, -0.15) is 0 Å². The molecule has 0 amide bonds. The van der Waals surface area contributed by atoms with Crippen LogP contribution in [0.4, 0.5) is 0 Å². The Morgan fingerprint density at radius 2 is 1.88 bits per heavy atom. The zero-order valence-corrected chi connectivity index (χ0v) is 10.7. The van der Waals surface area contributed by atoms with E-state index in [0.29, 0.717) is 0 Å². The number of piperidine rings is 1. The Bertz CT molecular complexity index is 153. The average Bonchev–Trinajstić information content (AvgIpc) is 2.34. The maximum atomic E-state index is 5.14. The summed E-state index contributed by atoms with van der Waals surface area (Å²) >= 11 is 0. The molecule has 0 aromatic carbocycles. The highest BCUT2D eigenvalue weighted by molar-refractivity contribution is 4.73. The standard InChI is InChI=1S/C12H26N2O2/c1-15-8-6-14(7-9-16-2)11-12-4-3-5-13-10-12/h12-13H,3-11H2,1-2H3. The van der Waals surface area contributed by atoms with E-state index in [1.807, 2.05) is 0 Å². The maximum Gasteiger partial charge on any atom is 0.0589 e. The number of nitrogens with zero attached hydrogens (tertiary/aromatic N) is 1. The number of hydrogen-bond acceptors (Lipinski definition) is 4. The van der Waals surface area contributed by atoms with E-state index in [1.54, 1.807) is 14.2 Å². The van der Waals surface area contributed by atoms with Crippen LogP contribution in [-0.2, 0) is 9.47 Å². The molecular weight excluding hydrogens is 204 g/mol. The molecule has 16 heavy (non-hydrogen) atoms. The Balaban J connectivity index is 2.23. The SMILES string of the molecule is COCCN(CCOC)CC1CCCNC1. The highest BCUT2D eigenvalue weighted by Crippen LogP contribution is 2.11. The van der Waals surface area contributed by atoms with Gasteiger partial charge in [-0.15, -0.1) is 0 Å². The van der Waals surface area contributed by atoms with Crippen LogP contribution in [0, 0.1) is 5.92 Å². The molecule has 0 aromatic rings. The van der Waals surface area contributed by atoms with Crippen molar-refractivity contribution in [3.63, 3.8) is 0 Å². The molecule has 1 fully saturated rings. The number of methoxy groups -OCH3 is 2. The Hall–Kier alpha value is -0.160. The molecule has 1 unspecified atom stereocenters. The third-order valence-electron chi connectivity index (χ3n) is 3.14. The van der Waals surface area contributed by atoms with Gasteiger partial charge in [0.1, 0.15) is 0 Å². The van der Waals surface area contributed by atoms with Crippen molar-refractivity contribution in [2.45, 2.75) is 12.8 Å². The van der Waals surface area contributed by atoms with Gasteiger partial charge in [0.25, 0.3) is 0 Å². The molecule has 0 bridgehead atoms. The topological polar surface area (TPSA) is 33.7 Å². The summed E-state index contributed by atoms with van der Waals surface area (Å²) in [5, 5.41) is 3.46. The van der Waals surface area contributed by atoms with Crippen molar-refractivity contribution in [3.05, 3.63) is 0 Å². The quantitative estimate of drug-likeness (QED) is 0.661. The monoisotopic (exact) mass is 230 g/mol. The molecule has 0 aromatic heterocycles. The zero-order chi connectivity index (χ0) is 11.6. The van der Waals surface area contributed by atoms with Crippen LogP contribution in [0.5, 0.6) is 0 Å². The number of nitrogens with one attached hydrogen (secondary N) is 1. The lowest BCUT2D eigenvalue weighted by atomic mass is 9.99. The molecule has 96 valence electrons. The van der Waals surface area contributed by atoms with Gasteiger partial charge >= 0.3 is 0 Å². The van der Waals surface area contributed by atoms with E-state index >= 15 is 0 Å². The van der Waals surface area contributed by atoms with E-state index in [-0.39, 0.29) is 0 Å². The highest BCUT2D eigenvalue weighted by Gasteiger charge is 2.16. The predicted octanol–water partition coefficient (Wildman–Crippen LogP) is 0.581. The van der Waals surface area contributed by atoms with Gasteiger partial charge in [0, 0.05) is 33.9 Å². The second-order valence-electron chi connectivity index (χ2n) is 4.50. The van der Waals surface area contributed by atoms with Crippen molar-refractivity contribution in [1.29, 1.82) is 0 Å². The minimum atomic E-state index is 0.794. The summed E-state index contributed by atoms with van der Waals surface area (Å²) in [6.07, 6.45) is 2.66. The van der Waals surface area contributed by atoms with Gasteiger partial charge < -0.3 is 14.8 Å². The minimum absolute atomic E-state index is 0.794. The van der Waals surface area contributed by atoms with Gasteiger partial charge in [0.15, 0.2) is 0 Å². The molecule has 4 nitrogen and oxygen atoms in total. The van der Waals surface area contributed by atoms with Crippen molar-refractivity contribution in [3.8, 4) is 0 Å². The fourth-order valence-electron chi connectivity index (χ4n) is 2.18. The van der Waals surface area contributed by atoms with Crippen LogP contribution in [0.15, 0.2) is 0 Å². The lowest BCUT2D eigenvalue weighted by molar-refractivity contribution is 0.100. The Morgan fingerprint density at radius 3 is 2.38 bits per heavy atom. The van der Waals surface area contributed by atoms with Gasteiger partial charge in [-0.3, -0.25) is 4.90 Å². The van der Waals surface area contributed by atoms with Crippen LogP contribution in [0.3, 0.4) is 0 Å². The van der Waals surface area contributed by atoms with E-state index in [1.165, 1.54) is 25.9 Å². The first kappa shape index (κ1) is 13.9. The molecule has 1 saturated heterocycles. The summed E-state index contributed by atoms with van der Waals surface area (Å²) in [6.45, 7) is 7.16. The predicted molar refractivity (Wildman–Crippen MR) is 65.8 cm³/mol. The van der Waals surface area contributed by atoms with Crippen molar-refractivity contribution in [2.24, 2.45) is 5.92 Å². The summed E-state index contributed by atoms with van der Waals surface area (Å²) in [5.41, 5.74) is 0. The molecular formula is C12H26N2O2. The van der Waals surface area contributed by atoms with Crippen molar-refractivity contribution >= 4 is 0 Å². The molecule has 1 atom stereocenters. The lowest BCUT2D eigenvalue weighted by Gasteiger charge is -2.29. The van der Waals surface area contributed by atoms with Crippen LogP contribution in [0.25, 0.3) is 0 Å². The molecule has 1 aliphatic heterocycles. The largest absolute Gasteiger partial charge is 0.383 e. The first-order valence-electron chi connectivity index (χ1n) is 6.27. The zero-order valence-electron chi connectivity index (χ0n) is 10.7. The second-order valence-corrected chi connectivity index (χ2v) is 4.50. The average molecular weight is 230 g/mol. The van der Waals surface area contributed by atoms with Gasteiger partial charge in [0.2, 0.25) is 0 Å². The normalized spacial score (nSPS) is 21.6. The molecule has 1 N–H and O–H groups in total. The first-order valence-corrected chi connectivity index (χ1v) is 6.27. The third kappa shape index (κ3) is 5.80. The van der Waals surface area contributed by atoms with Gasteiger partial charge in [-0.25, -0.2) is 0 Å².